The average Bonchev–Trinajstić information content (AvgIpc) is 2.81. The molecular formula is C25H32N4O5. The summed E-state index contributed by atoms with van der Waals surface area (Å²) in [5, 5.41) is 16.8. The lowest BCUT2D eigenvalue weighted by atomic mass is 10.0. The Kier molecular flexibility index (Phi) is 10.2. The summed E-state index contributed by atoms with van der Waals surface area (Å²) >= 11 is 0. The van der Waals surface area contributed by atoms with Gasteiger partial charge in [-0.1, -0.05) is 74.5 Å². The van der Waals surface area contributed by atoms with Gasteiger partial charge in [-0.15, -0.1) is 0 Å². The number of carboxylic acid groups (broad SMARTS) is 1. The first-order chi connectivity index (χ1) is 16.2. The van der Waals surface area contributed by atoms with Crippen molar-refractivity contribution >= 4 is 23.7 Å². The molecule has 0 aliphatic heterocycles. The van der Waals surface area contributed by atoms with Crippen LogP contribution in [0.4, 0.5) is 0 Å². The van der Waals surface area contributed by atoms with E-state index in [9.17, 15) is 24.3 Å². The number of amides is 3. The third-order valence-electron chi connectivity index (χ3n) is 5.22. The second kappa shape index (κ2) is 13.1. The molecule has 0 saturated heterocycles. The number of carboxylic acids is 1. The molecule has 0 aliphatic rings. The molecule has 0 saturated carbocycles. The van der Waals surface area contributed by atoms with Crippen LogP contribution in [-0.2, 0) is 32.0 Å². The fraction of sp³-hybridized carbons (Fsp3) is 0.360. The van der Waals surface area contributed by atoms with E-state index in [0.717, 1.165) is 11.1 Å². The molecule has 2 aromatic carbocycles. The van der Waals surface area contributed by atoms with Gasteiger partial charge in [-0.2, -0.15) is 0 Å². The van der Waals surface area contributed by atoms with Crippen molar-refractivity contribution in [2.45, 2.75) is 44.8 Å². The standard InChI is InChI=1S/C25H32N4O5/c1-16(2)22(25(33)34)29-21(30)15-27-24(32)20(14-18-11-7-4-8-12-18)28-23(31)19(26)13-17-9-5-3-6-10-17/h3-12,16,19-20,22H,13-15,26H2,1-2H3,(H,27,32)(H,28,31)(H,29,30)(H,33,34). The summed E-state index contributed by atoms with van der Waals surface area (Å²) in [6, 6.07) is 15.5. The van der Waals surface area contributed by atoms with E-state index in [1.54, 1.807) is 13.8 Å². The van der Waals surface area contributed by atoms with Gasteiger partial charge in [-0.3, -0.25) is 14.4 Å². The van der Waals surface area contributed by atoms with Crippen LogP contribution in [0.2, 0.25) is 0 Å². The summed E-state index contributed by atoms with van der Waals surface area (Å²) < 4.78 is 0. The molecular weight excluding hydrogens is 436 g/mol. The van der Waals surface area contributed by atoms with Gasteiger partial charge in [0.2, 0.25) is 17.7 Å². The molecule has 6 N–H and O–H groups in total. The number of hydrogen-bond acceptors (Lipinski definition) is 5. The lowest BCUT2D eigenvalue weighted by Gasteiger charge is -2.22. The Morgan fingerprint density at radius 3 is 1.85 bits per heavy atom. The van der Waals surface area contributed by atoms with Crippen LogP contribution in [0.3, 0.4) is 0 Å². The predicted octanol–water partition coefficient (Wildman–Crippen LogP) is 0.626. The Hall–Kier alpha value is -3.72. The van der Waals surface area contributed by atoms with Crippen molar-refractivity contribution in [3.8, 4) is 0 Å². The molecule has 3 amide bonds. The second-order valence-corrected chi connectivity index (χ2v) is 8.39. The maximum absolute atomic E-state index is 12.9. The SMILES string of the molecule is CC(C)C(NC(=O)CNC(=O)C(Cc1ccccc1)NC(=O)C(N)Cc1ccccc1)C(=O)O. The Morgan fingerprint density at radius 1 is 0.824 bits per heavy atom. The molecule has 182 valence electrons. The number of aliphatic carboxylic acids is 1. The highest BCUT2D eigenvalue weighted by atomic mass is 16.4. The lowest BCUT2D eigenvalue weighted by Crippen LogP contribution is -2.54. The molecule has 9 heteroatoms. The van der Waals surface area contributed by atoms with Crippen LogP contribution < -0.4 is 21.7 Å². The quantitative estimate of drug-likeness (QED) is 0.308. The Balaban J connectivity index is 2.02. The van der Waals surface area contributed by atoms with Crippen LogP contribution in [-0.4, -0.2) is 53.5 Å². The number of benzene rings is 2. The monoisotopic (exact) mass is 468 g/mol. The van der Waals surface area contributed by atoms with Crippen LogP contribution in [0.5, 0.6) is 0 Å². The van der Waals surface area contributed by atoms with Crippen LogP contribution in [0, 0.1) is 5.92 Å². The van der Waals surface area contributed by atoms with E-state index in [2.05, 4.69) is 16.0 Å². The fourth-order valence-corrected chi connectivity index (χ4v) is 3.33. The van der Waals surface area contributed by atoms with Gasteiger partial charge >= 0.3 is 5.97 Å². The van der Waals surface area contributed by atoms with E-state index in [0.29, 0.717) is 6.42 Å². The number of hydrogen-bond donors (Lipinski definition) is 5. The van der Waals surface area contributed by atoms with Gasteiger partial charge in [0, 0.05) is 6.42 Å². The highest BCUT2D eigenvalue weighted by molar-refractivity contribution is 5.92. The van der Waals surface area contributed by atoms with Gasteiger partial charge in [0.1, 0.15) is 12.1 Å². The molecule has 2 rings (SSSR count). The number of carbonyl (C=O) groups is 4. The molecule has 0 spiro atoms. The molecule has 3 atom stereocenters. The van der Waals surface area contributed by atoms with E-state index in [4.69, 9.17) is 5.73 Å². The molecule has 2 aromatic rings. The fourth-order valence-electron chi connectivity index (χ4n) is 3.33. The summed E-state index contributed by atoms with van der Waals surface area (Å²) in [5.74, 6) is -3.18. The summed E-state index contributed by atoms with van der Waals surface area (Å²) in [6.07, 6.45) is 0.502. The van der Waals surface area contributed by atoms with Crippen molar-refractivity contribution in [1.82, 2.24) is 16.0 Å². The maximum atomic E-state index is 12.9. The minimum Gasteiger partial charge on any atom is -0.480 e. The van der Waals surface area contributed by atoms with Crippen molar-refractivity contribution in [3.63, 3.8) is 0 Å². The van der Waals surface area contributed by atoms with E-state index < -0.39 is 48.4 Å². The first kappa shape index (κ1) is 26.5. The predicted molar refractivity (Wildman–Crippen MR) is 128 cm³/mol. The third-order valence-corrected chi connectivity index (χ3v) is 5.22. The van der Waals surface area contributed by atoms with Gasteiger partial charge in [0.25, 0.3) is 0 Å². The highest BCUT2D eigenvalue weighted by Crippen LogP contribution is 2.06. The number of nitrogens with two attached hydrogens (primary N) is 1. The Bertz CT molecular complexity index is 966. The van der Waals surface area contributed by atoms with Crippen molar-refractivity contribution in [2.24, 2.45) is 11.7 Å². The summed E-state index contributed by atoms with van der Waals surface area (Å²) in [6.45, 7) is 2.91. The molecule has 0 fully saturated rings. The van der Waals surface area contributed by atoms with Crippen LogP contribution >= 0.6 is 0 Å². The number of rotatable bonds is 12. The largest absolute Gasteiger partial charge is 0.480 e. The second-order valence-electron chi connectivity index (χ2n) is 8.39. The molecule has 0 bridgehead atoms. The van der Waals surface area contributed by atoms with Crippen LogP contribution in [0.25, 0.3) is 0 Å². The zero-order chi connectivity index (χ0) is 25.1. The lowest BCUT2D eigenvalue weighted by molar-refractivity contribution is -0.143. The molecule has 0 heterocycles. The molecule has 3 unspecified atom stereocenters. The van der Waals surface area contributed by atoms with Crippen molar-refractivity contribution < 1.29 is 24.3 Å². The summed E-state index contributed by atoms with van der Waals surface area (Å²) in [5.41, 5.74) is 7.77. The normalized spacial score (nSPS) is 13.4. The maximum Gasteiger partial charge on any atom is 0.326 e. The minimum absolute atomic E-state index is 0.196. The third kappa shape index (κ3) is 8.67. The molecule has 9 nitrogen and oxygen atoms in total. The van der Waals surface area contributed by atoms with Gasteiger partial charge in [-0.05, 0) is 23.5 Å². The zero-order valence-corrected chi connectivity index (χ0v) is 19.4. The minimum atomic E-state index is -1.16. The van der Waals surface area contributed by atoms with Crippen molar-refractivity contribution in [2.75, 3.05) is 6.54 Å². The van der Waals surface area contributed by atoms with Gasteiger partial charge < -0.3 is 26.8 Å². The van der Waals surface area contributed by atoms with Gasteiger partial charge in [0.15, 0.2) is 0 Å². The molecule has 34 heavy (non-hydrogen) atoms. The Labute approximate surface area is 199 Å². The smallest absolute Gasteiger partial charge is 0.326 e. The van der Waals surface area contributed by atoms with E-state index >= 15 is 0 Å². The first-order valence-corrected chi connectivity index (χ1v) is 11.1. The zero-order valence-electron chi connectivity index (χ0n) is 19.4. The number of nitrogens with one attached hydrogen (secondary N) is 3. The van der Waals surface area contributed by atoms with E-state index in [1.165, 1.54) is 0 Å². The first-order valence-electron chi connectivity index (χ1n) is 11.1. The van der Waals surface area contributed by atoms with Crippen LogP contribution in [0.15, 0.2) is 60.7 Å². The van der Waals surface area contributed by atoms with E-state index in [1.807, 2.05) is 60.7 Å². The highest BCUT2D eigenvalue weighted by Gasteiger charge is 2.26. The molecule has 0 radical (unpaired) electrons. The van der Waals surface area contributed by atoms with Crippen LogP contribution in [0.1, 0.15) is 25.0 Å². The summed E-state index contributed by atoms with van der Waals surface area (Å²) in [7, 11) is 0. The van der Waals surface area contributed by atoms with Gasteiger partial charge in [-0.25, -0.2) is 4.79 Å². The van der Waals surface area contributed by atoms with Gasteiger partial charge in [0.05, 0.1) is 12.6 Å². The van der Waals surface area contributed by atoms with Crippen molar-refractivity contribution in [1.29, 1.82) is 0 Å². The Morgan fingerprint density at radius 2 is 1.35 bits per heavy atom. The number of carbonyl (C=O) groups excluding carboxylic acids is 3. The molecule has 0 aromatic heterocycles. The topological polar surface area (TPSA) is 151 Å². The molecule has 0 aliphatic carbocycles. The average molecular weight is 469 g/mol. The summed E-state index contributed by atoms with van der Waals surface area (Å²) in [4.78, 5) is 49.0. The van der Waals surface area contributed by atoms with Crippen molar-refractivity contribution in [3.05, 3.63) is 71.8 Å². The van der Waals surface area contributed by atoms with E-state index in [-0.39, 0.29) is 12.3 Å².